The minimum Gasteiger partial charge on any atom is -0.480 e. The summed E-state index contributed by atoms with van der Waals surface area (Å²) in [5.41, 5.74) is 2.90. The topological polar surface area (TPSA) is 82.4 Å². The molecule has 2 aromatic heterocycles. The van der Waals surface area contributed by atoms with E-state index in [1.807, 2.05) is 79.0 Å². The van der Waals surface area contributed by atoms with Crippen LogP contribution in [0.4, 0.5) is 0 Å². The number of nitrogens with one attached hydrogen (secondary N) is 1. The van der Waals surface area contributed by atoms with Crippen molar-refractivity contribution in [2.24, 2.45) is 0 Å². The van der Waals surface area contributed by atoms with Gasteiger partial charge in [0, 0.05) is 4.88 Å². The number of hydrogen-bond acceptors (Lipinski definition) is 6. The molecule has 174 valence electrons. The van der Waals surface area contributed by atoms with Gasteiger partial charge in [-0.25, -0.2) is 9.48 Å². The van der Waals surface area contributed by atoms with Gasteiger partial charge in [-0.15, -0.1) is 11.3 Å². The first-order valence-electron chi connectivity index (χ1n) is 10.9. The fourth-order valence-corrected chi connectivity index (χ4v) is 4.20. The molecule has 34 heavy (non-hydrogen) atoms. The molecule has 2 heterocycles. The molecule has 0 saturated heterocycles. The fourth-order valence-electron chi connectivity index (χ4n) is 3.40. The first kappa shape index (κ1) is 23.3. The van der Waals surface area contributed by atoms with Crippen LogP contribution in [0.15, 0.2) is 78.3 Å². The highest BCUT2D eigenvalue weighted by Gasteiger charge is 2.22. The second-order valence-corrected chi connectivity index (χ2v) is 8.54. The van der Waals surface area contributed by atoms with Crippen molar-refractivity contribution in [3.8, 4) is 11.4 Å². The van der Waals surface area contributed by atoms with E-state index in [2.05, 4.69) is 10.4 Å². The number of amides is 1. The molecule has 1 unspecified atom stereocenters. The van der Waals surface area contributed by atoms with Gasteiger partial charge in [0.1, 0.15) is 0 Å². The zero-order valence-electron chi connectivity index (χ0n) is 18.9. The molecule has 1 N–H and O–H groups in total. The first-order chi connectivity index (χ1) is 16.5. The van der Waals surface area contributed by atoms with E-state index in [0.717, 1.165) is 21.7 Å². The lowest BCUT2D eigenvalue weighted by Crippen LogP contribution is -2.33. The molecule has 2 aromatic carbocycles. The summed E-state index contributed by atoms with van der Waals surface area (Å²) < 4.78 is 12.4. The van der Waals surface area contributed by atoms with E-state index in [1.165, 1.54) is 4.68 Å². The summed E-state index contributed by atoms with van der Waals surface area (Å²) in [5.74, 6) is -0.745. The molecule has 1 atom stereocenters. The number of thiophene rings is 1. The predicted molar refractivity (Wildman–Crippen MR) is 130 cm³/mol. The average Bonchev–Trinajstić information content (AvgIpc) is 3.53. The minimum atomic E-state index is -0.608. The summed E-state index contributed by atoms with van der Waals surface area (Å²) >= 11 is 1.57. The third kappa shape index (κ3) is 5.52. The van der Waals surface area contributed by atoms with E-state index in [-0.39, 0.29) is 36.6 Å². The van der Waals surface area contributed by atoms with Crippen molar-refractivity contribution >= 4 is 23.2 Å². The van der Waals surface area contributed by atoms with Crippen LogP contribution in [0.2, 0.25) is 0 Å². The number of para-hydroxylation sites is 1. The highest BCUT2D eigenvalue weighted by Crippen LogP contribution is 2.26. The Kier molecular flexibility index (Phi) is 7.39. The largest absolute Gasteiger partial charge is 0.480 e. The lowest BCUT2D eigenvalue weighted by molar-refractivity contribution is -0.123. The number of hydrogen-bond donors (Lipinski definition) is 1. The van der Waals surface area contributed by atoms with E-state index in [4.69, 9.17) is 9.47 Å². The third-order valence-electron chi connectivity index (χ3n) is 5.07. The van der Waals surface area contributed by atoms with Crippen LogP contribution in [0.25, 0.3) is 5.69 Å². The van der Waals surface area contributed by atoms with Gasteiger partial charge in [-0.05, 0) is 43.0 Å². The van der Waals surface area contributed by atoms with Crippen molar-refractivity contribution in [3.63, 3.8) is 0 Å². The SMILES string of the molecule is CCOC(=O)c1nn(-c2ccccc2)cc1OCC(=O)NC(c1ccc(C)cc1)c1cccs1. The van der Waals surface area contributed by atoms with Crippen LogP contribution in [-0.2, 0) is 9.53 Å². The summed E-state index contributed by atoms with van der Waals surface area (Å²) in [5, 5.41) is 9.34. The monoisotopic (exact) mass is 475 g/mol. The van der Waals surface area contributed by atoms with Crippen LogP contribution in [0, 0.1) is 6.92 Å². The number of carbonyl (C=O) groups excluding carboxylic acids is 2. The predicted octanol–water partition coefficient (Wildman–Crippen LogP) is 4.70. The van der Waals surface area contributed by atoms with Crippen LogP contribution < -0.4 is 10.1 Å². The number of aromatic nitrogens is 2. The Morgan fingerprint density at radius 2 is 1.82 bits per heavy atom. The van der Waals surface area contributed by atoms with Crippen molar-refractivity contribution < 1.29 is 19.1 Å². The Morgan fingerprint density at radius 1 is 1.06 bits per heavy atom. The summed E-state index contributed by atoms with van der Waals surface area (Å²) in [6.45, 7) is 3.67. The lowest BCUT2D eigenvalue weighted by atomic mass is 10.0. The number of esters is 1. The first-order valence-corrected chi connectivity index (χ1v) is 11.8. The smallest absolute Gasteiger partial charge is 0.362 e. The molecule has 8 heteroatoms. The fraction of sp³-hybridized carbons (Fsp3) is 0.192. The highest BCUT2D eigenvalue weighted by molar-refractivity contribution is 7.10. The zero-order chi connectivity index (χ0) is 23.9. The van der Waals surface area contributed by atoms with E-state index < -0.39 is 5.97 Å². The van der Waals surface area contributed by atoms with Crippen molar-refractivity contribution in [1.29, 1.82) is 0 Å². The molecule has 4 rings (SSSR count). The maximum atomic E-state index is 12.9. The van der Waals surface area contributed by atoms with Crippen molar-refractivity contribution in [2.75, 3.05) is 13.2 Å². The van der Waals surface area contributed by atoms with E-state index in [9.17, 15) is 9.59 Å². The van der Waals surface area contributed by atoms with Gasteiger partial charge in [0.15, 0.2) is 12.4 Å². The van der Waals surface area contributed by atoms with Gasteiger partial charge >= 0.3 is 5.97 Å². The highest BCUT2D eigenvalue weighted by atomic mass is 32.1. The van der Waals surface area contributed by atoms with Gasteiger partial charge in [0.2, 0.25) is 5.69 Å². The van der Waals surface area contributed by atoms with Crippen LogP contribution in [0.5, 0.6) is 5.75 Å². The van der Waals surface area contributed by atoms with Gasteiger partial charge in [-0.3, -0.25) is 4.79 Å². The molecule has 0 fully saturated rings. The molecule has 0 aliphatic heterocycles. The van der Waals surface area contributed by atoms with E-state index in [0.29, 0.717) is 0 Å². The third-order valence-corrected chi connectivity index (χ3v) is 6.01. The van der Waals surface area contributed by atoms with Gasteiger partial charge < -0.3 is 14.8 Å². The summed E-state index contributed by atoms with van der Waals surface area (Å²) in [6, 6.07) is 21.0. The molecule has 0 aliphatic carbocycles. The van der Waals surface area contributed by atoms with Crippen molar-refractivity contribution in [2.45, 2.75) is 19.9 Å². The Labute approximate surface area is 202 Å². The standard InChI is InChI=1S/C26H25N3O4S/c1-3-32-26(31)25-21(16-29(28-25)20-8-5-4-6-9-20)33-17-23(30)27-24(22-10-7-15-34-22)19-13-11-18(2)12-14-19/h4-16,24H,3,17H2,1-2H3,(H,27,30). The number of nitrogens with zero attached hydrogens (tertiary/aromatic N) is 2. The maximum absolute atomic E-state index is 12.9. The normalized spacial score (nSPS) is 11.6. The molecule has 7 nitrogen and oxygen atoms in total. The summed E-state index contributed by atoms with van der Waals surface area (Å²) in [6.07, 6.45) is 1.57. The van der Waals surface area contributed by atoms with Crippen molar-refractivity contribution in [3.05, 3.63) is 100 Å². The van der Waals surface area contributed by atoms with Gasteiger partial charge in [-0.1, -0.05) is 54.1 Å². The molecule has 0 saturated carbocycles. The zero-order valence-corrected chi connectivity index (χ0v) is 19.7. The van der Waals surface area contributed by atoms with Crippen LogP contribution in [0.3, 0.4) is 0 Å². The lowest BCUT2D eigenvalue weighted by Gasteiger charge is -2.18. The maximum Gasteiger partial charge on any atom is 0.362 e. The number of rotatable bonds is 9. The summed E-state index contributed by atoms with van der Waals surface area (Å²) in [4.78, 5) is 26.3. The quantitative estimate of drug-likeness (QED) is 0.355. The number of benzene rings is 2. The molecule has 4 aromatic rings. The average molecular weight is 476 g/mol. The van der Waals surface area contributed by atoms with E-state index in [1.54, 1.807) is 24.5 Å². The molecular weight excluding hydrogens is 450 g/mol. The van der Waals surface area contributed by atoms with Gasteiger partial charge in [0.05, 0.1) is 24.5 Å². The van der Waals surface area contributed by atoms with Crippen LogP contribution >= 0.6 is 11.3 Å². The minimum absolute atomic E-state index is 0.0202. The molecule has 0 radical (unpaired) electrons. The Morgan fingerprint density at radius 3 is 2.50 bits per heavy atom. The molecule has 1 amide bonds. The number of ether oxygens (including phenoxy) is 2. The molecular formula is C26H25N3O4S. The van der Waals surface area contributed by atoms with Crippen molar-refractivity contribution in [1.82, 2.24) is 15.1 Å². The second-order valence-electron chi connectivity index (χ2n) is 7.56. The molecule has 0 spiro atoms. The summed E-state index contributed by atoms with van der Waals surface area (Å²) in [7, 11) is 0. The van der Waals surface area contributed by atoms with Gasteiger partial charge in [0.25, 0.3) is 5.91 Å². The van der Waals surface area contributed by atoms with Crippen LogP contribution in [-0.4, -0.2) is 34.9 Å². The Hall–Kier alpha value is -3.91. The molecule has 0 bridgehead atoms. The van der Waals surface area contributed by atoms with E-state index >= 15 is 0 Å². The Balaban J connectivity index is 1.51. The number of aryl methyl sites for hydroxylation is 1. The van der Waals surface area contributed by atoms with Gasteiger partial charge in [-0.2, -0.15) is 5.10 Å². The number of carbonyl (C=O) groups is 2. The molecule has 0 aliphatic rings. The second kappa shape index (κ2) is 10.8. The van der Waals surface area contributed by atoms with Crippen LogP contribution in [0.1, 0.15) is 39.5 Å². The Bertz CT molecular complexity index is 1240.